The average Bonchev–Trinajstić information content (AvgIpc) is 0.779. The van der Waals surface area contributed by atoms with Crippen molar-refractivity contribution >= 4 is 0 Å². The Morgan fingerprint density at radius 3 is 0.398 bits per heavy atom. The Hall–Kier alpha value is -3.22. The normalized spacial score (nSPS) is 45.7. The first-order valence-corrected chi connectivity index (χ1v) is 33.1. The lowest BCUT2D eigenvalue weighted by Crippen LogP contribution is -2.69. The molecule has 0 spiro atoms. The molecule has 21 N–H and O–H groups in total. The summed E-state index contributed by atoms with van der Waals surface area (Å²) in [5.74, 6) is 0. The highest BCUT2D eigenvalue weighted by Crippen LogP contribution is 2.39. The van der Waals surface area contributed by atoms with Gasteiger partial charge in [0.2, 0.25) is 0 Å². The van der Waals surface area contributed by atoms with Crippen LogP contribution in [0.3, 0.4) is 0 Å². The molecule has 21 aliphatic heterocycles. The van der Waals surface area contributed by atoms with Crippen LogP contribution in [-0.4, -0.2) is 378 Å². The first-order chi connectivity index (χ1) is 47.2. The van der Waals surface area contributed by atoms with Crippen LogP contribution in [0.4, 0.5) is 0 Å². The molecule has 21 aliphatic rings. The summed E-state index contributed by atoms with van der Waals surface area (Å²) in [5.41, 5.74) is 0. The van der Waals surface area contributed by atoms with Gasteiger partial charge >= 0.3 is 0 Å². The molecule has 14 bridgehead atoms. The topological polar surface area (TPSA) is 497 Å². The second-order valence-electron chi connectivity index (χ2n) is 25.0. The van der Waals surface area contributed by atoms with Crippen molar-refractivity contribution in [2.75, 3.05) is 91.6 Å². The maximum atomic E-state index is 12.1. The van der Waals surface area contributed by atoms with Crippen molar-refractivity contribution in [3.05, 3.63) is 88.6 Å². The highest BCUT2D eigenvalue weighted by molar-refractivity contribution is 5.04. The van der Waals surface area contributed by atoms with Gasteiger partial charge in [0.05, 0.1) is 0 Å². The van der Waals surface area contributed by atoms with Gasteiger partial charge in [-0.1, -0.05) is 42.5 Å². The molecule has 0 amide bonds. The van der Waals surface area contributed by atoms with Gasteiger partial charge < -0.3 is 175 Å². The Labute approximate surface area is 568 Å². The van der Waals surface area contributed by atoms with E-state index in [2.05, 4.69) is 83.3 Å². The summed E-state index contributed by atoms with van der Waals surface area (Å²) in [4.78, 5) is 0. The molecule has 35 nitrogen and oxygen atoms in total. The molecule has 0 aliphatic carbocycles. The predicted molar refractivity (Wildman–Crippen MR) is 340 cm³/mol. The van der Waals surface area contributed by atoms with E-state index < -0.39 is 215 Å². The van der Waals surface area contributed by atoms with Crippen molar-refractivity contribution in [1.29, 1.82) is 0 Å². The maximum absolute atomic E-state index is 12.1. The fourth-order valence-corrected chi connectivity index (χ4v) is 12.8. The molecular formula is C63H105N7O28. The van der Waals surface area contributed by atoms with Crippen LogP contribution in [0.5, 0.6) is 0 Å². The largest absolute Gasteiger partial charge is 0.387 e. The molecule has 21 rings (SSSR count). The lowest BCUT2D eigenvalue weighted by molar-refractivity contribution is -0.392. The Balaban J connectivity index is 1.17. The van der Waals surface area contributed by atoms with Gasteiger partial charge in [-0.2, -0.15) is 0 Å². The van der Waals surface area contributed by atoms with Gasteiger partial charge in [-0.05, 0) is 0 Å². The van der Waals surface area contributed by atoms with E-state index >= 15 is 0 Å². The number of hydrogen-bond acceptors (Lipinski definition) is 35. The molecule has 98 heavy (non-hydrogen) atoms. The molecule has 21 saturated heterocycles. The second-order valence-corrected chi connectivity index (χ2v) is 25.0. The Kier molecular flexibility index (Phi) is 32.1. The van der Waals surface area contributed by atoms with E-state index in [-0.39, 0.29) is 91.6 Å². The summed E-state index contributed by atoms with van der Waals surface area (Å²) < 4.78 is 88.4. The first kappa shape index (κ1) is 80.5. The molecule has 0 aromatic rings. The molecule has 0 saturated carbocycles. The highest BCUT2D eigenvalue weighted by atomic mass is 16.8. The lowest BCUT2D eigenvalue weighted by atomic mass is 9.94. The van der Waals surface area contributed by atoms with Crippen molar-refractivity contribution < 1.29 is 138 Å². The Morgan fingerprint density at radius 2 is 0.296 bits per heavy atom. The van der Waals surface area contributed by atoms with Gasteiger partial charge in [0.1, 0.15) is 171 Å². The molecule has 0 aromatic heterocycles. The predicted octanol–water partition coefficient (Wildman–Crippen LogP) is -9.75. The van der Waals surface area contributed by atoms with Crippen molar-refractivity contribution in [3.8, 4) is 0 Å². The lowest BCUT2D eigenvalue weighted by Gasteiger charge is -2.50. The molecule has 0 unspecified atom stereocenters. The Morgan fingerprint density at radius 1 is 0.184 bits per heavy atom. The van der Waals surface area contributed by atoms with Crippen molar-refractivity contribution in [2.24, 2.45) is 0 Å². The standard InChI is InChI=1S/C63H105N7O28/c1-8-15-64-22-29-50-36(71)43(78)57(85-29)93-51-30(23-65-16-9-2)87-59(45(80)38(51)73)95-53-32(25-67-18-11-4)89-61(47(82)40(53)75)97-55-34(27-69-20-13-6)91-63(49(84)42(55)77)98-56-35(28-70-21-14-7)90-62(48(83)41(56)76)96-54-33(26-68-19-12-5)88-60(46(81)39(54)74)94-52-31(24-66-17-10-3)86-58(92-50)44(79)37(52)72/h8-14,29-84H,1-7,15-28H2/t29-,30-,31-,32-,33-,34-,35-,36-,37-,38-,39-,40-,41-,42-,43-,44-,45-,46-,47-,48-,49-,50-,51-,52-,53-,54-,55-,56-,57-,58-,59-,60-,61-,62-,63-/m1/s1. The van der Waals surface area contributed by atoms with Crippen LogP contribution < -0.4 is 37.2 Å². The van der Waals surface area contributed by atoms with Crippen molar-refractivity contribution in [3.63, 3.8) is 0 Å². The van der Waals surface area contributed by atoms with E-state index in [0.717, 1.165) is 0 Å². The van der Waals surface area contributed by atoms with E-state index in [1.165, 1.54) is 42.5 Å². The van der Waals surface area contributed by atoms with Gasteiger partial charge in [-0.3, -0.25) is 0 Å². The number of rotatable bonds is 28. The molecule has 0 aromatic carbocycles. The van der Waals surface area contributed by atoms with Gasteiger partial charge in [0, 0.05) is 91.6 Å². The zero-order chi connectivity index (χ0) is 70.9. The number of aliphatic hydroxyl groups excluding tert-OH is 14. The van der Waals surface area contributed by atoms with Crippen molar-refractivity contribution in [1.82, 2.24) is 37.2 Å². The fourth-order valence-electron chi connectivity index (χ4n) is 12.8. The van der Waals surface area contributed by atoms with Gasteiger partial charge in [-0.15, -0.1) is 46.1 Å². The molecule has 35 heteroatoms. The van der Waals surface area contributed by atoms with Crippen LogP contribution in [0.25, 0.3) is 0 Å². The van der Waals surface area contributed by atoms with Gasteiger partial charge in [0.15, 0.2) is 44.0 Å². The van der Waals surface area contributed by atoms with Crippen LogP contribution in [0.15, 0.2) is 88.6 Å². The van der Waals surface area contributed by atoms with Crippen LogP contribution in [0, 0.1) is 0 Å². The number of ether oxygens (including phenoxy) is 14. The van der Waals surface area contributed by atoms with Crippen LogP contribution in [0.1, 0.15) is 0 Å². The maximum Gasteiger partial charge on any atom is 0.187 e. The van der Waals surface area contributed by atoms with E-state index in [1.54, 1.807) is 0 Å². The number of nitrogens with one attached hydrogen (secondary N) is 7. The summed E-state index contributed by atoms with van der Waals surface area (Å²) in [7, 11) is 0. The zero-order valence-corrected chi connectivity index (χ0v) is 54.6. The first-order valence-electron chi connectivity index (χ1n) is 33.1. The fraction of sp³-hybridized carbons (Fsp3) is 0.778. The summed E-state index contributed by atoms with van der Waals surface area (Å²) >= 11 is 0. The van der Waals surface area contributed by atoms with E-state index in [1.807, 2.05) is 0 Å². The zero-order valence-electron chi connectivity index (χ0n) is 54.6. The SMILES string of the molecule is C=CCNC[C@H]1O[C@@H]2O[C@H]3[C@H](O)[C@@H](O)[C@@H](O[C@H]4[C@H](O)[C@@H](O)[C@@H](O[C@H]5[C@H](O)[C@@H](O)[C@@H](O[C@H]6[C@H](O)[C@@H](O)[C@@H](O[C@H]7[C@H](O)[C@@H](O)[C@@H](O[C@H]8[C@H](O)[C@@H](O)[C@@H](O[C@H]1[C@H](O)[C@H]2O)O[C@@H]8CNCC=C)O[C@@H]7CNCC=C)O[C@@H]6CNCC=C)O[C@@H]5CNCC=C)O[C@@H]4CNCC=C)O[C@@H]3CNCC=C. The molecule has 21 heterocycles. The van der Waals surface area contributed by atoms with E-state index in [4.69, 9.17) is 66.3 Å². The van der Waals surface area contributed by atoms with E-state index in [9.17, 15) is 71.5 Å². The van der Waals surface area contributed by atoms with Crippen LogP contribution in [-0.2, 0) is 66.3 Å². The monoisotopic (exact) mass is 1410 g/mol. The Bertz CT molecular complexity index is 2010. The minimum atomic E-state index is -2.04. The molecule has 560 valence electrons. The minimum Gasteiger partial charge on any atom is -0.387 e. The highest BCUT2D eigenvalue weighted by Gasteiger charge is 2.60. The smallest absolute Gasteiger partial charge is 0.187 e. The summed E-state index contributed by atoms with van der Waals surface area (Å²) in [6.45, 7) is 26.2. The van der Waals surface area contributed by atoms with Gasteiger partial charge in [-0.25, -0.2) is 0 Å². The summed E-state index contributed by atoms with van der Waals surface area (Å²) in [6.07, 6.45) is -51.0. The van der Waals surface area contributed by atoms with Crippen LogP contribution in [0.2, 0.25) is 0 Å². The number of aliphatic hydroxyl groups is 14. The summed E-state index contributed by atoms with van der Waals surface area (Å²) in [5, 5.41) is 190. The van der Waals surface area contributed by atoms with Crippen LogP contribution >= 0.6 is 0 Å². The second kappa shape index (κ2) is 39.1. The van der Waals surface area contributed by atoms with Gasteiger partial charge in [0.25, 0.3) is 0 Å². The molecular weight excluding hydrogens is 1300 g/mol. The molecule has 21 fully saturated rings. The third kappa shape index (κ3) is 19.6. The molecule has 0 radical (unpaired) electrons. The minimum absolute atomic E-state index is 0.173. The summed E-state index contributed by atoms with van der Waals surface area (Å²) in [6, 6.07) is 0. The van der Waals surface area contributed by atoms with E-state index in [0.29, 0.717) is 0 Å². The number of hydrogen-bond donors (Lipinski definition) is 21. The quantitative estimate of drug-likeness (QED) is 0.0255. The third-order valence-corrected chi connectivity index (χ3v) is 18.0. The average molecular weight is 1410 g/mol. The molecule has 35 atom stereocenters. The van der Waals surface area contributed by atoms with Crippen molar-refractivity contribution in [2.45, 2.75) is 215 Å². The third-order valence-electron chi connectivity index (χ3n) is 18.0.